The Balaban J connectivity index is 2.02. The number of rotatable bonds is 4. The zero-order valence-corrected chi connectivity index (χ0v) is 13.8. The molecule has 1 saturated heterocycles. The van der Waals surface area contributed by atoms with Crippen LogP contribution in [0.5, 0.6) is 0 Å². The first-order valence-electron chi connectivity index (χ1n) is 7.62. The maximum Gasteiger partial charge on any atom is 0.0787 e. The average Bonchev–Trinajstić information content (AvgIpc) is 2.55. The van der Waals surface area contributed by atoms with Crippen LogP contribution in [0.4, 0.5) is 0 Å². The summed E-state index contributed by atoms with van der Waals surface area (Å²) in [5.74, 6) is 0. The van der Waals surface area contributed by atoms with E-state index in [1.54, 1.807) is 0 Å². The molecule has 0 saturated carbocycles. The van der Waals surface area contributed by atoms with Crippen LogP contribution in [0.1, 0.15) is 53.5 Å². The Morgan fingerprint density at radius 3 is 2.25 bits per heavy atom. The van der Waals surface area contributed by atoms with Crippen molar-refractivity contribution in [2.45, 2.75) is 70.6 Å². The Morgan fingerprint density at radius 2 is 1.75 bits per heavy atom. The van der Waals surface area contributed by atoms with E-state index in [0.29, 0.717) is 6.04 Å². The molecule has 2 heteroatoms. The largest absolute Gasteiger partial charge is 0.368 e. The van der Waals surface area contributed by atoms with Crippen molar-refractivity contribution in [2.75, 3.05) is 6.54 Å². The van der Waals surface area contributed by atoms with Crippen LogP contribution in [-0.4, -0.2) is 23.8 Å². The molecule has 112 valence electrons. The van der Waals surface area contributed by atoms with E-state index >= 15 is 0 Å². The highest BCUT2D eigenvalue weighted by Crippen LogP contribution is 2.37. The summed E-state index contributed by atoms with van der Waals surface area (Å²) in [6, 6.07) is 11.1. The van der Waals surface area contributed by atoms with E-state index in [1.807, 2.05) is 0 Å². The molecule has 0 bridgehead atoms. The first-order chi connectivity index (χ1) is 9.12. The molecule has 1 unspecified atom stereocenters. The van der Waals surface area contributed by atoms with Crippen LogP contribution in [-0.2, 0) is 10.2 Å². The number of ether oxygens (including phenoxy) is 1. The lowest BCUT2D eigenvalue weighted by Crippen LogP contribution is -2.47. The van der Waals surface area contributed by atoms with Crippen LogP contribution in [0, 0.1) is 0 Å². The SMILES string of the molecule is CC1(C)CC(NCC(C)(C)c2ccccc2)C(C)(C)O1. The summed E-state index contributed by atoms with van der Waals surface area (Å²) in [6.45, 7) is 14.3. The van der Waals surface area contributed by atoms with Crippen molar-refractivity contribution in [1.82, 2.24) is 5.32 Å². The molecular formula is C18H29NO. The Morgan fingerprint density at radius 1 is 1.15 bits per heavy atom. The van der Waals surface area contributed by atoms with Gasteiger partial charge in [-0.15, -0.1) is 0 Å². The van der Waals surface area contributed by atoms with Gasteiger partial charge in [-0.1, -0.05) is 44.2 Å². The van der Waals surface area contributed by atoms with Gasteiger partial charge < -0.3 is 10.1 Å². The molecule has 1 aliphatic heterocycles. The second-order valence-corrected chi connectivity index (χ2v) is 7.85. The third-order valence-electron chi connectivity index (χ3n) is 4.42. The van der Waals surface area contributed by atoms with Gasteiger partial charge in [-0.2, -0.15) is 0 Å². The monoisotopic (exact) mass is 275 g/mol. The van der Waals surface area contributed by atoms with Crippen molar-refractivity contribution in [3.8, 4) is 0 Å². The van der Waals surface area contributed by atoms with Crippen molar-refractivity contribution in [3.63, 3.8) is 0 Å². The molecule has 2 rings (SSSR count). The Labute approximate surface area is 123 Å². The van der Waals surface area contributed by atoms with Crippen LogP contribution < -0.4 is 5.32 Å². The fourth-order valence-electron chi connectivity index (χ4n) is 3.25. The zero-order valence-electron chi connectivity index (χ0n) is 13.8. The quantitative estimate of drug-likeness (QED) is 0.900. The fraction of sp³-hybridized carbons (Fsp3) is 0.667. The van der Waals surface area contributed by atoms with Crippen LogP contribution in [0.15, 0.2) is 30.3 Å². The molecule has 0 amide bonds. The van der Waals surface area contributed by atoms with E-state index in [2.05, 4.69) is 77.2 Å². The third kappa shape index (κ3) is 3.42. The molecule has 1 N–H and O–H groups in total. The van der Waals surface area contributed by atoms with Gasteiger partial charge in [0.25, 0.3) is 0 Å². The van der Waals surface area contributed by atoms with Crippen molar-refractivity contribution in [1.29, 1.82) is 0 Å². The van der Waals surface area contributed by atoms with Gasteiger partial charge in [-0.25, -0.2) is 0 Å². The van der Waals surface area contributed by atoms with Crippen LogP contribution in [0.25, 0.3) is 0 Å². The smallest absolute Gasteiger partial charge is 0.0787 e. The van der Waals surface area contributed by atoms with Crippen molar-refractivity contribution >= 4 is 0 Å². The summed E-state index contributed by atoms with van der Waals surface area (Å²) >= 11 is 0. The molecule has 1 aromatic rings. The topological polar surface area (TPSA) is 21.3 Å². The maximum atomic E-state index is 6.16. The normalized spacial score (nSPS) is 24.8. The summed E-state index contributed by atoms with van der Waals surface area (Å²) in [6.07, 6.45) is 1.06. The summed E-state index contributed by atoms with van der Waals surface area (Å²) in [5, 5.41) is 3.74. The fourth-order valence-corrected chi connectivity index (χ4v) is 3.25. The molecular weight excluding hydrogens is 246 g/mol. The van der Waals surface area contributed by atoms with Crippen molar-refractivity contribution < 1.29 is 4.74 Å². The van der Waals surface area contributed by atoms with E-state index in [0.717, 1.165) is 13.0 Å². The lowest BCUT2D eigenvalue weighted by Gasteiger charge is -2.32. The molecule has 1 heterocycles. The molecule has 2 nitrogen and oxygen atoms in total. The van der Waals surface area contributed by atoms with E-state index < -0.39 is 0 Å². The Hall–Kier alpha value is -0.860. The predicted octanol–water partition coefficient (Wildman–Crippen LogP) is 3.90. The molecule has 1 fully saturated rings. The van der Waals surface area contributed by atoms with Gasteiger partial charge >= 0.3 is 0 Å². The van der Waals surface area contributed by atoms with Crippen LogP contribution in [0.3, 0.4) is 0 Å². The third-order valence-corrected chi connectivity index (χ3v) is 4.42. The molecule has 1 aliphatic rings. The van der Waals surface area contributed by atoms with Gasteiger partial charge in [0.1, 0.15) is 0 Å². The van der Waals surface area contributed by atoms with E-state index in [1.165, 1.54) is 5.56 Å². The van der Waals surface area contributed by atoms with E-state index in [9.17, 15) is 0 Å². The number of hydrogen-bond donors (Lipinski definition) is 1. The Kier molecular flexibility index (Phi) is 4.01. The lowest BCUT2D eigenvalue weighted by atomic mass is 9.83. The van der Waals surface area contributed by atoms with Crippen LogP contribution in [0.2, 0.25) is 0 Å². The van der Waals surface area contributed by atoms with Crippen molar-refractivity contribution in [3.05, 3.63) is 35.9 Å². The minimum atomic E-state index is -0.101. The zero-order chi connectivity index (χ0) is 15.0. The second-order valence-electron chi connectivity index (χ2n) is 7.85. The van der Waals surface area contributed by atoms with Gasteiger partial charge in [0, 0.05) is 18.0 Å². The number of benzene rings is 1. The summed E-state index contributed by atoms with van der Waals surface area (Å²) in [5.41, 5.74) is 1.38. The summed E-state index contributed by atoms with van der Waals surface area (Å²) in [4.78, 5) is 0. The highest BCUT2D eigenvalue weighted by Gasteiger charge is 2.45. The number of hydrogen-bond acceptors (Lipinski definition) is 2. The van der Waals surface area contributed by atoms with Gasteiger partial charge in [0.2, 0.25) is 0 Å². The van der Waals surface area contributed by atoms with E-state index in [4.69, 9.17) is 4.74 Å². The summed E-state index contributed by atoms with van der Waals surface area (Å²) < 4.78 is 6.16. The first-order valence-corrected chi connectivity index (χ1v) is 7.62. The molecule has 0 aliphatic carbocycles. The molecule has 1 aromatic carbocycles. The first kappa shape index (κ1) is 15.5. The number of nitrogens with one attached hydrogen (secondary N) is 1. The highest BCUT2D eigenvalue weighted by molar-refractivity contribution is 5.24. The van der Waals surface area contributed by atoms with Gasteiger partial charge in [-0.05, 0) is 39.7 Å². The minimum Gasteiger partial charge on any atom is -0.368 e. The molecule has 20 heavy (non-hydrogen) atoms. The van der Waals surface area contributed by atoms with Crippen molar-refractivity contribution in [2.24, 2.45) is 0 Å². The highest BCUT2D eigenvalue weighted by atomic mass is 16.5. The van der Waals surface area contributed by atoms with Gasteiger partial charge in [0.15, 0.2) is 0 Å². The van der Waals surface area contributed by atoms with Gasteiger partial charge in [-0.3, -0.25) is 0 Å². The predicted molar refractivity (Wildman–Crippen MR) is 85.1 cm³/mol. The minimum absolute atomic E-state index is 0.0297. The maximum absolute atomic E-state index is 6.16. The average molecular weight is 275 g/mol. The standard InChI is InChI=1S/C18H29NO/c1-16(2,14-10-8-7-9-11-14)13-19-15-12-17(3,4)20-18(15,5)6/h7-11,15,19H,12-13H2,1-6H3. The molecule has 0 aromatic heterocycles. The molecule has 0 spiro atoms. The Bertz CT molecular complexity index is 448. The summed E-state index contributed by atoms with van der Waals surface area (Å²) in [7, 11) is 0. The second kappa shape index (κ2) is 5.16. The molecule has 1 atom stereocenters. The molecule has 0 radical (unpaired) electrons. The van der Waals surface area contributed by atoms with Gasteiger partial charge in [0.05, 0.1) is 11.2 Å². The van der Waals surface area contributed by atoms with Crippen LogP contribution >= 0.6 is 0 Å². The van der Waals surface area contributed by atoms with E-state index in [-0.39, 0.29) is 16.6 Å². The lowest BCUT2D eigenvalue weighted by molar-refractivity contribution is -0.0699.